The average Bonchev–Trinajstić information content (AvgIpc) is 2.97. The lowest BCUT2D eigenvalue weighted by atomic mass is 9.98. The van der Waals surface area contributed by atoms with Crippen molar-refractivity contribution in [1.29, 1.82) is 0 Å². The van der Waals surface area contributed by atoms with Crippen LogP contribution in [0.5, 0.6) is 0 Å². The van der Waals surface area contributed by atoms with E-state index in [-0.39, 0.29) is 11.4 Å². The topological polar surface area (TPSA) is 42.7 Å². The van der Waals surface area contributed by atoms with Crippen molar-refractivity contribution in [2.24, 2.45) is 0 Å². The molecule has 1 atom stereocenters. The van der Waals surface area contributed by atoms with Gasteiger partial charge in [-0.05, 0) is 49.0 Å². The molecular formula is C15H12F4N4. The predicted octanol–water partition coefficient (Wildman–Crippen LogP) is 3.36. The quantitative estimate of drug-likeness (QED) is 0.862. The van der Waals surface area contributed by atoms with Gasteiger partial charge in [0.2, 0.25) is 0 Å². The second kappa shape index (κ2) is 5.22. The van der Waals surface area contributed by atoms with Gasteiger partial charge in [-0.2, -0.15) is 13.2 Å². The molecule has 3 rings (SSSR count). The van der Waals surface area contributed by atoms with Crippen molar-refractivity contribution in [2.45, 2.75) is 18.8 Å². The fraction of sp³-hybridized carbons (Fsp3) is 0.200. The van der Waals surface area contributed by atoms with Gasteiger partial charge < -0.3 is 5.32 Å². The van der Waals surface area contributed by atoms with Crippen molar-refractivity contribution < 1.29 is 17.6 Å². The summed E-state index contributed by atoms with van der Waals surface area (Å²) in [5.41, 5.74) is -2.04. The van der Waals surface area contributed by atoms with E-state index in [9.17, 15) is 17.6 Å². The normalized spacial score (nSPS) is 21.0. The van der Waals surface area contributed by atoms with Crippen molar-refractivity contribution in [3.63, 3.8) is 0 Å². The lowest BCUT2D eigenvalue weighted by Gasteiger charge is -2.38. The molecule has 1 aliphatic rings. The number of hydrogen-bond donors (Lipinski definition) is 1. The van der Waals surface area contributed by atoms with Crippen LogP contribution in [0.1, 0.15) is 6.92 Å². The summed E-state index contributed by atoms with van der Waals surface area (Å²) in [6.45, 7) is 1.36. The summed E-state index contributed by atoms with van der Waals surface area (Å²) in [7, 11) is 0. The van der Waals surface area contributed by atoms with Crippen LogP contribution in [0, 0.1) is 5.82 Å². The number of nitrogens with one attached hydrogen (secondary N) is 1. The summed E-state index contributed by atoms with van der Waals surface area (Å²) in [5, 5.41) is 6.29. The minimum absolute atomic E-state index is 0.0306. The zero-order chi connectivity index (χ0) is 16.7. The Bertz CT molecular complexity index is 774. The SMILES string of the molecule is CC1=CC=CNC1(n1cnc(-c2ccc(F)cc2)n1)C(F)(F)F. The van der Waals surface area contributed by atoms with Crippen molar-refractivity contribution in [2.75, 3.05) is 0 Å². The molecule has 0 radical (unpaired) electrons. The lowest BCUT2D eigenvalue weighted by Crippen LogP contribution is -2.58. The van der Waals surface area contributed by atoms with Gasteiger partial charge in [0.15, 0.2) is 5.82 Å². The maximum atomic E-state index is 13.7. The number of nitrogens with zero attached hydrogens (tertiary/aromatic N) is 3. The van der Waals surface area contributed by atoms with Gasteiger partial charge >= 0.3 is 6.18 Å². The van der Waals surface area contributed by atoms with E-state index < -0.39 is 17.7 Å². The van der Waals surface area contributed by atoms with E-state index in [0.717, 1.165) is 11.0 Å². The summed E-state index contributed by atoms with van der Waals surface area (Å²) >= 11 is 0. The van der Waals surface area contributed by atoms with Gasteiger partial charge in [0, 0.05) is 5.56 Å². The van der Waals surface area contributed by atoms with E-state index in [2.05, 4.69) is 15.4 Å². The summed E-state index contributed by atoms with van der Waals surface area (Å²) in [6, 6.07) is 5.21. The summed E-state index contributed by atoms with van der Waals surface area (Å²) < 4.78 is 54.8. The Morgan fingerprint density at radius 1 is 1.17 bits per heavy atom. The largest absolute Gasteiger partial charge is 0.436 e. The Morgan fingerprint density at radius 2 is 1.87 bits per heavy atom. The molecule has 8 heteroatoms. The molecule has 0 saturated carbocycles. The third-order valence-corrected chi connectivity index (χ3v) is 3.65. The molecule has 23 heavy (non-hydrogen) atoms. The van der Waals surface area contributed by atoms with Crippen LogP contribution < -0.4 is 5.32 Å². The summed E-state index contributed by atoms with van der Waals surface area (Å²) in [6.07, 6.45) is 0.432. The minimum Gasteiger partial charge on any atom is -0.356 e. The second-order valence-corrected chi connectivity index (χ2v) is 5.08. The van der Waals surface area contributed by atoms with Crippen molar-refractivity contribution in [3.8, 4) is 11.4 Å². The standard InChI is InChI=1S/C15H12F4N4/c1-10-3-2-8-21-14(10,15(17,18)19)23-9-20-13(22-23)11-4-6-12(16)7-5-11/h2-9,21H,1H3. The molecule has 1 aromatic heterocycles. The van der Waals surface area contributed by atoms with Crippen LogP contribution in [-0.4, -0.2) is 20.9 Å². The maximum absolute atomic E-state index is 13.7. The van der Waals surface area contributed by atoms with E-state index in [1.165, 1.54) is 49.5 Å². The first-order valence-corrected chi connectivity index (χ1v) is 6.71. The highest BCUT2D eigenvalue weighted by Gasteiger charge is 2.59. The molecule has 1 aromatic carbocycles. The third kappa shape index (κ3) is 2.39. The number of alkyl halides is 3. The van der Waals surface area contributed by atoms with Gasteiger partial charge in [-0.1, -0.05) is 6.08 Å². The number of rotatable bonds is 2. The smallest absolute Gasteiger partial charge is 0.356 e. The first-order valence-electron chi connectivity index (χ1n) is 6.71. The van der Waals surface area contributed by atoms with E-state index in [4.69, 9.17) is 0 Å². The van der Waals surface area contributed by atoms with Gasteiger partial charge in [0.1, 0.15) is 12.1 Å². The van der Waals surface area contributed by atoms with Gasteiger partial charge in [-0.15, -0.1) is 5.10 Å². The number of allylic oxidation sites excluding steroid dienone is 2. The van der Waals surface area contributed by atoms with Crippen LogP contribution in [0.2, 0.25) is 0 Å². The number of halogens is 4. The van der Waals surface area contributed by atoms with Gasteiger partial charge in [-0.3, -0.25) is 0 Å². The zero-order valence-corrected chi connectivity index (χ0v) is 12.0. The van der Waals surface area contributed by atoms with Gasteiger partial charge in [0.25, 0.3) is 5.66 Å². The van der Waals surface area contributed by atoms with Crippen LogP contribution >= 0.6 is 0 Å². The molecule has 0 amide bonds. The van der Waals surface area contributed by atoms with E-state index in [1.54, 1.807) is 0 Å². The van der Waals surface area contributed by atoms with Crippen LogP contribution in [0.25, 0.3) is 11.4 Å². The minimum atomic E-state index is -4.63. The highest BCUT2D eigenvalue weighted by atomic mass is 19.4. The van der Waals surface area contributed by atoms with Gasteiger partial charge in [-0.25, -0.2) is 14.1 Å². The summed E-state index contributed by atoms with van der Waals surface area (Å²) in [4.78, 5) is 3.92. The molecule has 0 aliphatic carbocycles. The van der Waals surface area contributed by atoms with Crippen LogP contribution in [0.3, 0.4) is 0 Å². The van der Waals surface area contributed by atoms with Crippen molar-refractivity contribution in [3.05, 3.63) is 60.3 Å². The predicted molar refractivity (Wildman–Crippen MR) is 75.5 cm³/mol. The molecule has 1 N–H and O–H groups in total. The Kier molecular flexibility index (Phi) is 3.46. The molecule has 2 heterocycles. The molecule has 1 aliphatic heterocycles. The zero-order valence-electron chi connectivity index (χ0n) is 12.0. The number of benzene rings is 1. The Balaban J connectivity index is 2.08. The molecule has 120 valence electrons. The Labute approximate surface area is 129 Å². The fourth-order valence-corrected chi connectivity index (χ4v) is 2.43. The number of aromatic nitrogens is 3. The van der Waals surface area contributed by atoms with Crippen LogP contribution in [0.4, 0.5) is 17.6 Å². The Hall–Kier alpha value is -2.64. The fourth-order valence-electron chi connectivity index (χ4n) is 2.43. The molecule has 0 saturated heterocycles. The maximum Gasteiger partial charge on any atom is 0.436 e. The highest BCUT2D eigenvalue weighted by molar-refractivity contribution is 5.53. The number of dihydropyridines is 1. The first kappa shape index (κ1) is 15.3. The van der Waals surface area contributed by atoms with E-state index >= 15 is 0 Å². The molecule has 4 nitrogen and oxygen atoms in total. The van der Waals surface area contributed by atoms with Crippen molar-refractivity contribution >= 4 is 0 Å². The van der Waals surface area contributed by atoms with Crippen molar-refractivity contribution in [1.82, 2.24) is 20.1 Å². The monoisotopic (exact) mass is 324 g/mol. The molecule has 0 spiro atoms. The molecule has 0 bridgehead atoms. The third-order valence-electron chi connectivity index (χ3n) is 3.65. The highest BCUT2D eigenvalue weighted by Crippen LogP contribution is 2.41. The van der Waals surface area contributed by atoms with Gasteiger partial charge in [0.05, 0.1) is 0 Å². The number of hydrogen-bond acceptors (Lipinski definition) is 3. The lowest BCUT2D eigenvalue weighted by molar-refractivity contribution is -0.212. The second-order valence-electron chi connectivity index (χ2n) is 5.08. The van der Waals surface area contributed by atoms with Crippen LogP contribution in [0.15, 0.2) is 54.5 Å². The Morgan fingerprint density at radius 3 is 2.48 bits per heavy atom. The van der Waals surface area contributed by atoms with Crippen LogP contribution in [-0.2, 0) is 5.66 Å². The molecule has 2 aromatic rings. The molecule has 0 fully saturated rings. The first-order chi connectivity index (χ1) is 10.8. The average molecular weight is 324 g/mol. The van der Waals surface area contributed by atoms with E-state index in [0.29, 0.717) is 5.56 Å². The van der Waals surface area contributed by atoms with E-state index in [1.807, 2.05) is 0 Å². The molecule has 1 unspecified atom stereocenters. The molecular weight excluding hydrogens is 312 g/mol. The summed E-state index contributed by atoms with van der Waals surface area (Å²) in [5.74, 6) is -0.365.